The van der Waals surface area contributed by atoms with Crippen LogP contribution in [0.25, 0.3) is 0 Å². The first-order chi connectivity index (χ1) is 8.27. The number of benzene rings is 1. The number of phenols is 1. The second-order valence-corrected chi connectivity index (χ2v) is 4.12. The highest BCUT2D eigenvalue weighted by molar-refractivity contribution is 6.31. The Kier molecular flexibility index (Phi) is 4.01. The van der Waals surface area contributed by atoms with Crippen molar-refractivity contribution in [1.82, 2.24) is 14.9 Å². The van der Waals surface area contributed by atoms with Gasteiger partial charge in [0.2, 0.25) is 0 Å². The number of hydrogen-bond acceptors (Lipinski definition) is 3. The Morgan fingerprint density at radius 3 is 3.00 bits per heavy atom. The van der Waals surface area contributed by atoms with Gasteiger partial charge in [0.05, 0.1) is 6.33 Å². The summed E-state index contributed by atoms with van der Waals surface area (Å²) in [6.45, 7) is 2.19. The molecule has 1 aromatic carbocycles. The van der Waals surface area contributed by atoms with Crippen molar-refractivity contribution < 1.29 is 5.11 Å². The fourth-order valence-corrected chi connectivity index (χ4v) is 1.80. The summed E-state index contributed by atoms with van der Waals surface area (Å²) in [5.74, 6) is 0.229. The molecule has 5 heteroatoms. The van der Waals surface area contributed by atoms with E-state index in [9.17, 15) is 5.11 Å². The lowest BCUT2D eigenvalue weighted by Crippen LogP contribution is -2.19. The number of nitrogens with one attached hydrogen (secondary N) is 1. The topological polar surface area (TPSA) is 50.1 Å². The fourth-order valence-electron chi connectivity index (χ4n) is 1.56. The number of halogens is 1. The average Bonchev–Trinajstić information content (AvgIpc) is 2.80. The van der Waals surface area contributed by atoms with E-state index in [2.05, 4.69) is 10.3 Å². The maximum absolute atomic E-state index is 9.64. The highest BCUT2D eigenvalue weighted by Crippen LogP contribution is 2.24. The summed E-state index contributed by atoms with van der Waals surface area (Å²) in [5.41, 5.74) is 0.736. The lowest BCUT2D eigenvalue weighted by molar-refractivity contribution is 0.463. The van der Waals surface area contributed by atoms with Crippen LogP contribution >= 0.6 is 11.6 Å². The minimum absolute atomic E-state index is 0.229. The van der Waals surface area contributed by atoms with Crippen LogP contribution < -0.4 is 5.32 Å². The molecule has 1 aromatic heterocycles. The molecule has 0 saturated carbocycles. The zero-order valence-electron chi connectivity index (χ0n) is 9.31. The van der Waals surface area contributed by atoms with Crippen molar-refractivity contribution >= 4 is 11.6 Å². The molecule has 0 bridgehead atoms. The van der Waals surface area contributed by atoms with Crippen molar-refractivity contribution in [3.8, 4) is 5.75 Å². The molecule has 2 aromatic rings. The third-order valence-corrected chi connectivity index (χ3v) is 2.86. The number of phenolic OH excluding ortho intramolecular Hbond substituents is 1. The normalized spacial score (nSPS) is 10.6. The van der Waals surface area contributed by atoms with Crippen molar-refractivity contribution in [3.05, 3.63) is 47.5 Å². The number of hydrogen-bond donors (Lipinski definition) is 2. The smallest absolute Gasteiger partial charge is 0.121 e. The molecule has 0 spiro atoms. The standard InChI is InChI=1S/C12H14ClN3O/c13-11-2-1-3-12(17)10(11)8-14-4-6-16-7-5-15-9-16/h1-3,5,7,9,14,17H,4,6,8H2. The molecule has 0 radical (unpaired) electrons. The molecule has 2 N–H and O–H groups in total. The van der Waals surface area contributed by atoms with Gasteiger partial charge in [-0.3, -0.25) is 0 Å². The summed E-state index contributed by atoms with van der Waals surface area (Å²) < 4.78 is 1.99. The molecule has 0 unspecified atom stereocenters. The van der Waals surface area contributed by atoms with E-state index in [0.717, 1.165) is 18.7 Å². The predicted octanol–water partition coefficient (Wildman–Crippen LogP) is 2.03. The summed E-state index contributed by atoms with van der Waals surface area (Å²) >= 11 is 5.99. The van der Waals surface area contributed by atoms with Gasteiger partial charge in [-0.1, -0.05) is 17.7 Å². The van der Waals surface area contributed by atoms with Crippen molar-refractivity contribution in [2.24, 2.45) is 0 Å². The van der Waals surface area contributed by atoms with Crippen LogP contribution in [-0.4, -0.2) is 21.2 Å². The van der Waals surface area contributed by atoms with Crippen LogP contribution in [0.2, 0.25) is 5.02 Å². The number of nitrogens with zero attached hydrogens (tertiary/aromatic N) is 2. The highest BCUT2D eigenvalue weighted by Gasteiger charge is 2.04. The predicted molar refractivity (Wildman–Crippen MR) is 67.1 cm³/mol. The summed E-state index contributed by atoms with van der Waals surface area (Å²) in [5, 5.41) is 13.4. The number of rotatable bonds is 5. The molecule has 2 rings (SSSR count). The Balaban J connectivity index is 1.82. The molecule has 0 amide bonds. The second-order valence-electron chi connectivity index (χ2n) is 3.71. The molecule has 0 aliphatic heterocycles. The maximum atomic E-state index is 9.64. The third-order valence-electron chi connectivity index (χ3n) is 2.50. The van der Waals surface area contributed by atoms with Crippen LogP contribution in [0.5, 0.6) is 5.75 Å². The van der Waals surface area contributed by atoms with Crippen LogP contribution in [0.4, 0.5) is 0 Å². The van der Waals surface area contributed by atoms with E-state index >= 15 is 0 Å². The molecule has 0 saturated heterocycles. The second kappa shape index (κ2) is 5.70. The van der Waals surface area contributed by atoms with Crippen LogP contribution in [0.3, 0.4) is 0 Å². The zero-order chi connectivity index (χ0) is 12.1. The lowest BCUT2D eigenvalue weighted by atomic mass is 10.2. The summed E-state index contributed by atoms with van der Waals surface area (Å²) in [6.07, 6.45) is 5.43. The van der Waals surface area contributed by atoms with Crippen LogP contribution in [0, 0.1) is 0 Å². The number of aromatic nitrogens is 2. The molecule has 0 atom stereocenters. The van der Waals surface area contributed by atoms with Crippen molar-refractivity contribution in [2.45, 2.75) is 13.1 Å². The summed E-state index contributed by atoms with van der Waals surface area (Å²) in [6, 6.07) is 5.14. The first-order valence-electron chi connectivity index (χ1n) is 5.40. The van der Waals surface area contributed by atoms with Gasteiger partial charge < -0.3 is 15.0 Å². The van der Waals surface area contributed by atoms with Gasteiger partial charge in [0.25, 0.3) is 0 Å². The highest BCUT2D eigenvalue weighted by atomic mass is 35.5. The molecule has 90 valence electrons. The molecule has 1 heterocycles. The van der Waals surface area contributed by atoms with Crippen LogP contribution in [0.15, 0.2) is 36.9 Å². The molecule has 0 aliphatic rings. The van der Waals surface area contributed by atoms with Crippen molar-refractivity contribution in [1.29, 1.82) is 0 Å². The van der Waals surface area contributed by atoms with E-state index in [4.69, 9.17) is 11.6 Å². The summed E-state index contributed by atoms with van der Waals surface area (Å²) in [7, 11) is 0. The van der Waals surface area contributed by atoms with E-state index < -0.39 is 0 Å². The molecule has 4 nitrogen and oxygen atoms in total. The monoisotopic (exact) mass is 251 g/mol. The van der Waals surface area contributed by atoms with E-state index in [1.807, 2.05) is 10.8 Å². The Bertz CT molecular complexity index is 450. The Hall–Kier alpha value is -1.52. The molecule has 0 aliphatic carbocycles. The first kappa shape index (κ1) is 12.0. The van der Waals surface area contributed by atoms with Crippen molar-refractivity contribution in [2.75, 3.05) is 6.54 Å². The van der Waals surface area contributed by atoms with E-state index in [0.29, 0.717) is 11.6 Å². The largest absolute Gasteiger partial charge is 0.508 e. The van der Waals surface area contributed by atoms with Gasteiger partial charge in [0.1, 0.15) is 5.75 Å². The van der Waals surface area contributed by atoms with E-state index in [1.165, 1.54) is 0 Å². The molecular formula is C12H14ClN3O. The number of aromatic hydroxyl groups is 1. The zero-order valence-corrected chi connectivity index (χ0v) is 10.1. The van der Waals surface area contributed by atoms with Gasteiger partial charge in [-0.2, -0.15) is 0 Å². The maximum Gasteiger partial charge on any atom is 0.121 e. The molecule has 0 fully saturated rings. The van der Waals surface area contributed by atoms with Gasteiger partial charge in [0, 0.05) is 42.6 Å². The Morgan fingerprint density at radius 2 is 2.29 bits per heavy atom. The quantitative estimate of drug-likeness (QED) is 0.800. The Morgan fingerprint density at radius 1 is 1.41 bits per heavy atom. The lowest BCUT2D eigenvalue weighted by Gasteiger charge is -2.08. The van der Waals surface area contributed by atoms with Gasteiger partial charge in [-0.25, -0.2) is 4.98 Å². The number of imidazole rings is 1. The fraction of sp³-hybridized carbons (Fsp3) is 0.250. The van der Waals surface area contributed by atoms with E-state index in [1.54, 1.807) is 30.7 Å². The van der Waals surface area contributed by atoms with Crippen LogP contribution in [-0.2, 0) is 13.1 Å². The van der Waals surface area contributed by atoms with Gasteiger partial charge in [-0.05, 0) is 12.1 Å². The van der Waals surface area contributed by atoms with E-state index in [-0.39, 0.29) is 5.75 Å². The Labute approximate surface area is 105 Å². The average molecular weight is 252 g/mol. The first-order valence-corrected chi connectivity index (χ1v) is 5.78. The minimum atomic E-state index is 0.229. The van der Waals surface area contributed by atoms with Crippen LogP contribution in [0.1, 0.15) is 5.56 Å². The SMILES string of the molecule is Oc1cccc(Cl)c1CNCCn1ccnc1. The molecule has 17 heavy (non-hydrogen) atoms. The summed E-state index contributed by atoms with van der Waals surface area (Å²) in [4.78, 5) is 3.96. The molecular weight excluding hydrogens is 238 g/mol. The minimum Gasteiger partial charge on any atom is -0.508 e. The third kappa shape index (κ3) is 3.22. The van der Waals surface area contributed by atoms with Gasteiger partial charge >= 0.3 is 0 Å². The van der Waals surface area contributed by atoms with Crippen molar-refractivity contribution in [3.63, 3.8) is 0 Å². The van der Waals surface area contributed by atoms with Gasteiger partial charge in [0.15, 0.2) is 0 Å². The van der Waals surface area contributed by atoms with Gasteiger partial charge in [-0.15, -0.1) is 0 Å².